The highest BCUT2D eigenvalue weighted by molar-refractivity contribution is 6.05. The molecular formula is C41H36. The van der Waals surface area contributed by atoms with Gasteiger partial charge >= 0.3 is 0 Å². The van der Waals surface area contributed by atoms with Gasteiger partial charge in [0.05, 0.1) is 0 Å². The summed E-state index contributed by atoms with van der Waals surface area (Å²) in [5, 5.41) is 8.29. The molecule has 0 amide bonds. The van der Waals surface area contributed by atoms with Gasteiger partial charge in [0, 0.05) is 5.92 Å². The van der Waals surface area contributed by atoms with Gasteiger partial charge in [-0.05, 0) is 129 Å². The maximum Gasteiger partial charge on any atom is 0.00561 e. The van der Waals surface area contributed by atoms with Crippen molar-refractivity contribution in [2.24, 2.45) is 5.92 Å². The second kappa shape index (κ2) is 10.0. The predicted molar refractivity (Wildman–Crippen MR) is 177 cm³/mol. The van der Waals surface area contributed by atoms with Gasteiger partial charge in [-0.15, -0.1) is 0 Å². The predicted octanol–water partition coefficient (Wildman–Crippen LogP) is 9.68. The zero-order valence-corrected chi connectivity index (χ0v) is 23.9. The average molecular weight is 529 g/mol. The van der Waals surface area contributed by atoms with Crippen molar-refractivity contribution in [1.82, 2.24) is 0 Å². The van der Waals surface area contributed by atoms with Crippen molar-refractivity contribution >= 4 is 39.3 Å². The minimum absolute atomic E-state index is 0.427. The third-order valence-electron chi connectivity index (χ3n) is 9.75. The summed E-state index contributed by atoms with van der Waals surface area (Å²) in [4.78, 5) is 0. The molecule has 4 aromatic rings. The van der Waals surface area contributed by atoms with Gasteiger partial charge < -0.3 is 0 Å². The van der Waals surface area contributed by atoms with Gasteiger partial charge in [0.1, 0.15) is 0 Å². The van der Waals surface area contributed by atoms with Gasteiger partial charge in [-0.2, -0.15) is 0 Å². The minimum Gasteiger partial charge on any atom is -0.0842 e. The number of benzene rings is 4. The Labute approximate surface area is 243 Å². The lowest BCUT2D eigenvalue weighted by molar-refractivity contribution is 0.573. The van der Waals surface area contributed by atoms with E-state index in [-0.39, 0.29) is 0 Å². The Morgan fingerprint density at radius 3 is 2.41 bits per heavy atom. The molecule has 0 aliphatic heterocycles. The maximum atomic E-state index is 2.53. The van der Waals surface area contributed by atoms with E-state index in [9.17, 15) is 0 Å². The fourth-order valence-corrected chi connectivity index (χ4v) is 7.58. The molecule has 200 valence electrons. The Morgan fingerprint density at radius 2 is 1.56 bits per heavy atom. The van der Waals surface area contributed by atoms with Crippen molar-refractivity contribution in [2.75, 3.05) is 0 Å². The van der Waals surface area contributed by atoms with E-state index in [1.807, 2.05) is 0 Å². The van der Waals surface area contributed by atoms with Crippen molar-refractivity contribution < 1.29 is 0 Å². The van der Waals surface area contributed by atoms with Crippen molar-refractivity contribution in [3.05, 3.63) is 136 Å². The highest BCUT2D eigenvalue weighted by Crippen LogP contribution is 2.40. The Bertz CT molecular complexity index is 2000. The van der Waals surface area contributed by atoms with E-state index in [1.165, 1.54) is 83.8 Å². The highest BCUT2D eigenvalue weighted by atomic mass is 14.3. The van der Waals surface area contributed by atoms with E-state index in [2.05, 4.69) is 122 Å². The maximum absolute atomic E-state index is 2.53. The molecule has 0 heterocycles. The van der Waals surface area contributed by atoms with Crippen LogP contribution in [-0.2, 0) is 0 Å². The number of allylic oxidation sites excluding steroid dienone is 10. The van der Waals surface area contributed by atoms with Gasteiger partial charge in [0.2, 0.25) is 0 Å². The van der Waals surface area contributed by atoms with E-state index < -0.39 is 0 Å². The first-order valence-corrected chi connectivity index (χ1v) is 15.4. The lowest BCUT2D eigenvalue weighted by Gasteiger charge is -2.28. The number of hydrogen-bond acceptors (Lipinski definition) is 0. The molecule has 0 fully saturated rings. The quantitative estimate of drug-likeness (QED) is 0.248. The average Bonchev–Trinajstić information content (AvgIpc) is 3.03. The molecule has 2 atom stereocenters. The molecule has 4 aromatic carbocycles. The molecule has 4 aliphatic carbocycles. The van der Waals surface area contributed by atoms with Gasteiger partial charge in [0.25, 0.3) is 0 Å². The molecule has 0 spiro atoms. The monoisotopic (exact) mass is 528 g/mol. The van der Waals surface area contributed by atoms with Crippen LogP contribution in [-0.4, -0.2) is 0 Å². The smallest absolute Gasteiger partial charge is 0.00561 e. The van der Waals surface area contributed by atoms with Crippen molar-refractivity contribution in [1.29, 1.82) is 0 Å². The van der Waals surface area contributed by atoms with Crippen LogP contribution >= 0.6 is 0 Å². The molecule has 0 bridgehead atoms. The van der Waals surface area contributed by atoms with Crippen LogP contribution in [0.1, 0.15) is 62.5 Å². The van der Waals surface area contributed by atoms with Gasteiger partial charge in [-0.1, -0.05) is 109 Å². The summed E-state index contributed by atoms with van der Waals surface area (Å²) in [6, 6.07) is 23.2. The summed E-state index contributed by atoms with van der Waals surface area (Å²) in [5.41, 5.74) is 10.0. The first-order chi connectivity index (χ1) is 20.2. The summed E-state index contributed by atoms with van der Waals surface area (Å²) in [6.45, 7) is 2.20. The Hall–Kier alpha value is -4.16. The highest BCUT2D eigenvalue weighted by Gasteiger charge is 2.24. The lowest BCUT2D eigenvalue weighted by Crippen LogP contribution is -2.33. The SMILES string of the molecule is CC1=CCC(c2ccc3c(C4=CC=C5C=CCCC5C4)c4c(c(-c5ccc6ccccc6c5)c3c2)=CCCC=4)C=C1. The van der Waals surface area contributed by atoms with Crippen LogP contribution in [0.3, 0.4) is 0 Å². The molecule has 0 heteroatoms. The molecule has 0 nitrogen and oxygen atoms in total. The largest absolute Gasteiger partial charge is 0.0842 e. The van der Waals surface area contributed by atoms with E-state index >= 15 is 0 Å². The number of hydrogen-bond donors (Lipinski definition) is 0. The third kappa shape index (κ3) is 4.29. The van der Waals surface area contributed by atoms with Crippen molar-refractivity contribution in [2.45, 2.75) is 51.4 Å². The van der Waals surface area contributed by atoms with Crippen LogP contribution < -0.4 is 10.4 Å². The Kier molecular flexibility index (Phi) is 6.03. The molecule has 8 rings (SSSR count). The molecule has 0 aromatic heterocycles. The summed E-state index contributed by atoms with van der Waals surface area (Å²) in [6.07, 6.45) is 28.5. The fourth-order valence-electron chi connectivity index (χ4n) is 7.58. The molecule has 41 heavy (non-hydrogen) atoms. The lowest BCUT2D eigenvalue weighted by atomic mass is 9.76. The second-order valence-corrected chi connectivity index (χ2v) is 12.3. The molecule has 0 saturated carbocycles. The second-order valence-electron chi connectivity index (χ2n) is 12.3. The van der Waals surface area contributed by atoms with Crippen LogP contribution in [0.2, 0.25) is 0 Å². The molecule has 0 saturated heterocycles. The van der Waals surface area contributed by atoms with Crippen LogP contribution in [0.5, 0.6) is 0 Å². The van der Waals surface area contributed by atoms with E-state index in [0.29, 0.717) is 11.8 Å². The van der Waals surface area contributed by atoms with E-state index in [1.54, 1.807) is 0 Å². The van der Waals surface area contributed by atoms with Crippen LogP contribution in [0.15, 0.2) is 114 Å². The molecule has 0 N–H and O–H groups in total. The standard InChI is InChI=1S/C41H36/c1-27-14-16-30(17-15-27)33-22-23-38-39(26-33)41(35-21-19-29-9-3-5-11-32(29)25-35)37-13-7-6-12-36(37)40(38)34-20-18-28-8-2-4-10-31(28)24-34/h2-3,5,8-9,11-16,18-23,25-26,30-31H,4,6-7,10,17,24H2,1H3. The molecule has 0 radical (unpaired) electrons. The summed E-state index contributed by atoms with van der Waals surface area (Å²) in [7, 11) is 0. The summed E-state index contributed by atoms with van der Waals surface area (Å²) < 4.78 is 0. The molecular weight excluding hydrogens is 492 g/mol. The zero-order chi connectivity index (χ0) is 27.3. The van der Waals surface area contributed by atoms with Crippen molar-refractivity contribution in [3.8, 4) is 11.1 Å². The number of fused-ring (bicyclic) bond motifs is 4. The first-order valence-electron chi connectivity index (χ1n) is 15.4. The van der Waals surface area contributed by atoms with Gasteiger partial charge in [0.15, 0.2) is 0 Å². The van der Waals surface area contributed by atoms with Crippen LogP contribution in [0, 0.1) is 5.92 Å². The first kappa shape index (κ1) is 24.6. The van der Waals surface area contributed by atoms with Crippen molar-refractivity contribution in [3.63, 3.8) is 0 Å². The normalized spacial score (nSPS) is 21.3. The third-order valence-corrected chi connectivity index (χ3v) is 9.75. The Balaban J connectivity index is 1.43. The zero-order valence-electron chi connectivity index (χ0n) is 23.9. The fraction of sp³-hybridized carbons (Fsp3) is 0.220. The summed E-state index contributed by atoms with van der Waals surface area (Å²) in [5.74, 6) is 1.07. The Morgan fingerprint density at radius 1 is 0.707 bits per heavy atom. The van der Waals surface area contributed by atoms with Crippen LogP contribution in [0.25, 0.3) is 50.4 Å². The van der Waals surface area contributed by atoms with E-state index in [0.717, 1.165) is 25.7 Å². The molecule has 2 unspecified atom stereocenters. The number of rotatable bonds is 3. The van der Waals surface area contributed by atoms with Gasteiger partial charge in [-0.3, -0.25) is 0 Å². The topological polar surface area (TPSA) is 0 Å². The minimum atomic E-state index is 0.427. The van der Waals surface area contributed by atoms with E-state index in [4.69, 9.17) is 0 Å². The molecule has 4 aliphatic rings. The van der Waals surface area contributed by atoms with Gasteiger partial charge in [-0.25, -0.2) is 0 Å². The summed E-state index contributed by atoms with van der Waals surface area (Å²) >= 11 is 0. The van der Waals surface area contributed by atoms with Crippen LogP contribution in [0.4, 0.5) is 0 Å².